The number of nitrogens with zero attached hydrogens (tertiary/aromatic N) is 4. The van der Waals surface area contributed by atoms with Gasteiger partial charge in [-0.1, -0.05) is 84.9 Å². The Morgan fingerprint density at radius 2 is 0.958 bits per heavy atom. The Bertz CT molecular complexity index is 2460. The summed E-state index contributed by atoms with van der Waals surface area (Å²) in [5.41, 5.74) is 11.5. The van der Waals surface area contributed by atoms with Gasteiger partial charge in [-0.05, 0) is 82.5 Å². The second-order valence-electron chi connectivity index (χ2n) is 12.5. The first-order valence-corrected chi connectivity index (χ1v) is 16.2. The molecule has 1 aromatic heterocycles. The van der Waals surface area contributed by atoms with Crippen molar-refractivity contribution in [1.82, 2.24) is 9.97 Å². The van der Waals surface area contributed by atoms with Gasteiger partial charge in [0.05, 0.1) is 11.2 Å². The molecular weight excluding hydrogens is 590 g/mol. The van der Waals surface area contributed by atoms with Gasteiger partial charge in [0.2, 0.25) is 5.88 Å². The van der Waals surface area contributed by atoms with Crippen LogP contribution in [0.5, 0.6) is 23.1 Å². The van der Waals surface area contributed by atoms with Crippen LogP contribution in [0.25, 0.3) is 0 Å². The van der Waals surface area contributed by atoms with Crippen molar-refractivity contribution in [3.05, 3.63) is 146 Å². The third kappa shape index (κ3) is 3.43. The lowest BCUT2D eigenvalue weighted by molar-refractivity contribution is 0.466. The first-order chi connectivity index (χ1) is 23.8. The molecule has 0 N–H and O–H groups in total. The van der Waals surface area contributed by atoms with Crippen molar-refractivity contribution in [1.29, 1.82) is 0 Å². The van der Waals surface area contributed by atoms with Crippen molar-refractivity contribution >= 4 is 80.7 Å². The number of benzene rings is 6. The van der Waals surface area contributed by atoms with Gasteiger partial charge in [-0.25, -0.2) is 0 Å². The molecule has 0 amide bonds. The van der Waals surface area contributed by atoms with Gasteiger partial charge in [0.1, 0.15) is 17.2 Å². The van der Waals surface area contributed by atoms with E-state index in [1.807, 2.05) is 18.2 Å². The molecule has 0 saturated heterocycles. The average Bonchev–Trinajstić information content (AvgIpc) is 3.14. The maximum absolute atomic E-state index is 6.79. The van der Waals surface area contributed by atoms with Gasteiger partial charge in [-0.2, -0.15) is 4.98 Å². The Morgan fingerprint density at radius 1 is 0.417 bits per heavy atom. The van der Waals surface area contributed by atoms with Crippen LogP contribution in [0.4, 0.5) is 34.3 Å². The average molecular weight is 614 g/mol. The summed E-state index contributed by atoms with van der Waals surface area (Å²) >= 11 is 0. The quantitative estimate of drug-likeness (QED) is 0.247. The van der Waals surface area contributed by atoms with E-state index in [1.54, 1.807) is 0 Å². The zero-order valence-electron chi connectivity index (χ0n) is 25.6. The van der Waals surface area contributed by atoms with Crippen LogP contribution < -0.4 is 52.3 Å². The van der Waals surface area contributed by atoms with Gasteiger partial charge in [0.15, 0.2) is 5.82 Å². The van der Waals surface area contributed by atoms with E-state index in [0.29, 0.717) is 5.88 Å². The van der Waals surface area contributed by atoms with E-state index in [9.17, 15) is 0 Å². The van der Waals surface area contributed by atoms with E-state index in [4.69, 9.17) is 19.4 Å². The Kier molecular flexibility index (Phi) is 5.19. The summed E-state index contributed by atoms with van der Waals surface area (Å²) in [6.07, 6.45) is 0. The fraction of sp³-hybridized carbons (Fsp3) is 0. The molecule has 6 aromatic carbocycles. The van der Waals surface area contributed by atoms with Crippen molar-refractivity contribution < 1.29 is 9.47 Å². The van der Waals surface area contributed by atoms with E-state index >= 15 is 0 Å². The molecule has 4 aliphatic rings. The largest absolute Gasteiger partial charge is 0.458 e. The number of para-hydroxylation sites is 4. The number of aromatic nitrogens is 2. The molecule has 0 spiro atoms. The number of rotatable bonds is 2. The summed E-state index contributed by atoms with van der Waals surface area (Å²) in [5, 5.41) is 0. The SMILES string of the molecule is c1ccc(N2c3ccccc3B3c4nc5c(nc4Oc4cccc2c43)N(c2ccccc2)c2cccc3c2B5c2ccccc2O3)cc1. The molecule has 0 aliphatic carbocycles. The van der Waals surface area contributed by atoms with Crippen LogP contribution in [0.3, 0.4) is 0 Å². The van der Waals surface area contributed by atoms with E-state index in [-0.39, 0.29) is 13.4 Å². The van der Waals surface area contributed by atoms with E-state index < -0.39 is 0 Å². The van der Waals surface area contributed by atoms with Crippen LogP contribution in [0.15, 0.2) is 146 Å². The van der Waals surface area contributed by atoms with Gasteiger partial charge < -0.3 is 14.4 Å². The Balaban J connectivity index is 1.20. The summed E-state index contributed by atoms with van der Waals surface area (Å²) in [6.45, 7) is -0.323. The summed E-state index contributed by atoms with van der Waals surface area (Å²) < 4.78 is 13.3. The molecule has 0 bridgehead atoms. The number of hydrogen-bond acceptors (Lipinski definition) is 6. The summed E-state index contributed by atoms with van der Waals surface area (Å²) in [7, 11) is 0. The second kappa shape index (κ2) is 9.62. The molecule has 5 heterocycles. The molecule has 0 saturated carbocycles. The second-order valence-corrected chi connectivity index (χ2v) is 12.5. The Hall–Kier alpha value is -6.27. The standard InChI is InChI=1S/C40H24B2N4O2/c1-3-13-25(14-4-1)45-29-19-9-7-17-27(29)41-35-30(45)20-11-24-34(35)48-40-38(41)43-37-39(44-40)46(26-15-5-2-6-16-26)31-21-12-23-33-36(31)42(37)28-18-8-10-22-32(28)47-33/h1-24H. The monoisotopic (exact) mass is 614 g/mol. The number of fused-ring (bicyclic) bond motifs is 8. The van der Waals surface area contributed by atoms with Crippen molar-refractivity contribution in [2.75, 3.05) is 9.80 Å². The molecule has 8 heteroatoms. The van der Waals surface area contributed by atoms with Crippen molar-refractivity contribution in [2.45, 2.75) is 0 Å². The van der Waals surface area contributed by atoms with Crippen LogP contribution in [0.1, 0.15) is 0 Å². The molecule has 6 nitrogen and oxygen atoms in total. The summed E-state index contributed by atoms with van der Waals surface area (Å²) in [4.78, 5) is 15.6. The molecule has 7 aromatic rings. The van der Waals surface area contributed by atoms with E-state index in [0.717, 1.165) is 79.1 Å². The number of anilines is 6. The van der Waals surface area contributed by atoms with Crippen LogP contribution >= 0.6 is 0 Å². The van der Waals surface area contributed by atoms with Gasteiger partial charge in [0, 0.05) is 28.4 Å². The zero-order valence-corrected chi connectivity index (χ0v) is 25.6. The lowest BCUT2D eigenvalue weighted by Gasteiger charge is -2.41. The predicted octanol–water partition coefficient (Wildman–Crippen LogP) is 5.29. The first-order valence-electron chi connectivity index (χ1n) is 16.2. The predicted molar refractivity (Wildman–Crippen MR) is 194 cm³/mol. The minimum Gasteiger partial charge on any atom is -0.458 e. The first kappa shape index (κ1) is 25.9. The Labute approximate surface area is 278 Å². The molecule has 222 valence electrons. The highest BCUT2D eigenvalue weighted by molar-refractivity contribution is 7.01. The van der Waals surface area contributed by atoms with E-state index in [2.05, 4.69) is 137 Å². The highest BCUT2D eigenvalue weighted by Crippen LogP contribution is 2.42. The molecule has 0 fully saturated rings. The van der Waals surface area contributed by atoms with Crippen molar-refractivity contribution in [3.63, 3.8) is 0 Å². The van der Waals surface area contributed by atoms with Crippen LogP contribution in [-0.2, 0) is 0 Å². The molecular formula is C40H24B2N4O2. The minimum atomic E-state index is -0.162. The third-order valence-electron chi connectivity index (χ3n) is 9.97. The van der Waals surface area contributed by atoms with Crippen LogP contribution in [-0.4, -0.2) is 23.4 Å². The van der Waals surface area contributed by atoms with E-state index in [1.165, 1.54) is 5.46 Å². The highest BCUT2D eigenvalue weighted by Gasteiger charge is 2.48. The van der Waals surface area contributed by atoms with Crippen LogP contribution in [0.2, 0.25) is 0 Å². The fourth-order valence-corrected chi connectivity index (χ4v) is 8.06. The molecule has 0 radical (unpaired) electrons. The summed E-state index contributed by atoms with van der Waals surface area (Å²) in [6, 6.07) is 50.4. The Morgan fingerprint density at radius 3 is 1.71 bits per heavy atom. The minimum absolute atomic E-state index is 0.161. The van der Waals surface area contributed by atoms with Gasteiger partial charge in [0.25, 0.3) is 13.4 Å². The fourth-order valence-electron chi connectivity index (χ4n) is 8.06. The third-order valence-corrected chi connectivity index (χ3v) is 9.97. The molecule has 4 aliphatic heterocycles. The molecule has 0 atom stereocenters. The highest BCUT2D eigenvalue weighted by atomic mass is 16.5. The smallest absolute Gasteiger partial charge is 0.281 e. The molecule has 48 heavy (non-hydrogen) atoms. The lowest BCUT2D eigenvalue weighted by Crippen LogP contribution is -2.65. The topological polar surface area (TPSA) is 50.7 Å². The zero-order chi connectivity index (χ0) is 31.3. The maximum Gasteiger partial charge on any atom is 0.281 e. The molecule has 0 unspecified atom stereocenters. The number of ether oxygens (including phenoxy) is 2. The van der Waals surface area contributed by atoms with Gasteiger partial charge >= 0.3 is 0 Å². The normalized spacial score (nSPS) is 14.0. The van der Waals surface area contributed by atoms with Gasteiger partial charge in [-0.3, -0.25) is 9.88 Å². The number of hydrogen-bond donors (Lipinski definition) is 0. The van der Waals surface area contributed by atoms with Crippen LogP contribution in [0, 0.1) is 0 Å². The summed E-state index contributed by atoms with van der Waals surface area (Å²) in [5.74, 6) is 3.79. The van der Waals surface area contributed by atoms with Crippen molar-refractivity contribution in [2.24, 2.45) is 0 Å². The van der Waals surface area contributed by atoms with Gasteiger partial charge in [-0.15, -0.1) is 0 Å². The lowest BCUT2D eigenvalue weighted by atomic mass is 9.34. The molecule has 11 rings (SSSR count). The maximum atomic E-state index is 6.79. The van der Waals surface area contributed by atoms with Crippen molar-refractivity contribution in [3.8, 4) is 23.1 Å².